The van der Waals surface area contributed by atoms with Gasteiger partial charge in [0.1, 0.15) is 13.2 Å². The Hall–Kier alpha value is -3.06. The van der Waals surface area contributed by atoms with E-state index in [9.17, 15) is 4.79 Å². The van der Waals surface area contributed by atoms with Crippen molar-refractivity contribution in [2.24, 2.45) is 0 Å². The first-order valence-electron chi connectivity index (χ1n) is 10.2. The minimum atomic E-state index is -0.371. The largest absolute Gasteiger partial charge is 0.486 e. The van der Waals surface area contributed by atoms with Gasteiger partial charge in [-0.25, -0.2) is 0 Å². The molecule has 1 aliphatic rings. The molecule has 0 saturated heterocycles. The van der Waals surface area contributed by atoms with Crippen LogP contribution in [-0.2, 0) is 11.3 Å². The van der Waals surface area contributed by atoms with Crippen molar-refractivity contribution >= 4 is 17.5 Å². The monoisotopic (exact) mass is 441 g/mol. The Bertz CT molecular complexity index is 1080. The third kappa shape index (κ3) is 4.51. The Kier molecular flexibility index (Phi) is 6.13. The second-order valence-electron chi connectivity index (χ2n) is 7.67. The first kappa shape index (κ1) is 21.2. The van der Waals surface area contributed by atoms with Crippen LogP contribution >= 0.6 is 11.6 Å². The maximum atomic E-state index is 13.3. The minimum absolute atomic E-state index is 0.0378. The number of rotatable bonds is 6. The Morgan fingerprint density at radius 2 is 1.81 bits per heavy atom. The number of ether oxygens (including phenoxy) is 2. The number of carbonyl (C=O) groups is 1. The summed E-state index contributed by atoms with van der Waals surface area (Å²) in [7, 11) is 0. The molecule has 0 radical (unpaired) electrons. The summed E-state index contributed by atoms with van der Waals surface area (Å²) in [5, 5.41) is 8.75. The Morgan fingerprint density at radius 3 is 2.55 bits per heavy atom. The Balaban J connectivity index is 1.52. The zero-order chi connectivity index (χ0) is 22.0. The van der Waals surface area contributed by atoms with Crippen LogP contribution in [-0.4, -0.2) is 40.3 Å². The van der Waals surface area contributed by atoms with Gasteiger partial charge in [0.2, 0.25) is 17.7 Å². The van der Waals surface area contributed by atoms with Gasteiger partial charge >= 0.3 is 0 Å². The molecular weight excluding hydrogens is 418 g/mol. The summed E-state index contributed by atoms with van der Waals surface area (Å²) in [6.45, 7) is 7.04. The van der Waals surface area contributed by atoms with E-state index < -0.39 is 0 Å². The van der Waals surface area contributed by atoms with Crippen molar-refractivity contribution < 1.29 is 18.7 Å². The fraction of sp³-hybridized carbons (Fsp3) is 0.348. The van der Waals surface area contributed by atoms with Crippen molar-refractivity contribution in [3.63, 3.8) is 0 Å². The van der Waals surface area contributed by atoms with E-state index in [1.165, 1.54) is 0 Å². The van der Waals surface area contributed by atoms with Crippen LogP contribution in [0, 0.1) is 0 Å². The first-order valence-corrected chi connectivity index (χ1v) is 10.6. The maximum absolute atomic E-state index is 13.3. The molecule has 1 aliphatic heterocycles. The molecule has 162 valence electrons. The van der Waals surface area contributed by atoms with Crippen LogP contribution in [0.2, 0.25) is 5.02 Å². The zero-order valence-corrected chi connectivity index (χ0v) is 18.4. The average Bonchev–Trinajstić information content (AvgIpc) is 3.24. The molecule has 8 heteroatoms. The SMILES string of the molecule is CC(C(=O)N(Cc1nnc(-c2ccccc2Cl)o1)C(C)C)c1ccc2c(c1)OCCO2. The second kappa shape index (κ2) is 8.98. The van der Waals surface area contributed by atoms with E-state index in [0.29, 0.717) is 47.1 Å². The van der Waals surface area contributed by atoms with Crippen LogP contribution < -0.4 is 9.47 Å². The van der Waals surface area contributed by atoms with Gasteiger partial charge in [-0.1, -0.05) is 29.8 Å². The molecule has 2 aromatic carbocycles. The van der Waals surface area contributed by atoms with Crippen molar-refractivity contribution in [1.29, 1.82) is 0 Å². The highest BCUT2D eigenvalue weighted by atomic mass is 35.5. The fourth-order valence-corrected chi connectivity index (χ4v) is 3.66. The zero-order valence-electron chi connectivity index (χ0n) is 17.7. The summed E-state index contributed by atoms with van der Waals surface area (Å²) in [5.41, 5.74) is 1.53. The third-order valence-corrected chi connectivity index (χ3v) is 5.55. The van der Waals surface area contributed by atoms with Crippen LogP contribution in [0.15, 0.2) is 46.9 Å². The van der Waals surface area contributed by atoms with Gasteiger partial charge in [0.25, 0.3) is 0 Å². The number of hydrogen-bond acceptors (Lipinski definition) is 6. The molecule has 7 nitrogen and oxygen atoms in total. The lowest BCUT2D eigenvalue weighted by atomic mass is 9.98. The lowest BCUT2D eigenvalue weighted by Gasteiger charge is -2.29. The number of aromatic nitrogens is 2. The highest BCUT2D eigenvalue weighted by Crippen LogP contribution is 2.34. The minimum Gasteiger partial charge on any atom is -0.486 e. The molecule has 0 N–H and O–H groups in total. The maximum Gasteiger partial charge on any atom is 0.249 e. The van der Waals surface area contributed by atoms with Gasteiger partial charge in [-0.2, -0.15) is 0 Å². The topological polar surface area (TPSA) is 77.7 Å². The van der Waals surface area contributed by atoms with Crippen molar-refractivity contribution in [3.8, 4) is 23.0 Å². The standard InChI is InChI=1S/C23H24ClN3O4/c1-14(2)27(13-21-25-26-22(31-21)17-6-4-5-7-18(17)24)23(28)15(3)16-8-9-19-20(12-16)30-11-10-29-19/h4-9,12,14-15H,10-11,13H2,1-3H3. The Morgan fingerprint density at radius 1 is 1.06 bits per heavy atom. The summed E-state index contributed by atoms with van der Waals surface area (Å²) < 4.78 is 17.0. The lowest BCUT2D eigenvalue weighted by Crippen LogP contribution is -2.39. The smallest absolute Gasteiger partial charge is 0.249 e. The molecule has 1 atom stereocenters. The number of benzene rings is 2. The van der Waals surface area contributed by atoms with E-state index in [0.717, 1.165) is 5.56 Å². The molecule has 0 aliphatic carbocycles. The van der Waals surface area contributed by atoms with Gasteiger partial charge in [-0.15, -0.1) is 10.2 Å². The summed E-state index contributed by atoms with van der Waals surface area (Å²) in [6.07, 6.45) is 0. The van der Waals surface area contributed by atoms with Gasteiger partial charge in [0.15, 0.2) is 11.5 Å². The molecular formula is C23H24ClN3O4. The van der Waals surface area contributed by atoms with Gasteiger partial charge in [-0.05, 0) is 50.6 Å². The van der Waals surface area contributed by atoms with E-state index in [4.69, 9.17) is 25.5 Å². The summed E-state index contributed by atoms with van der Waals surface area (Å²) in [5.74, 6) is 1.64. The number of amides is 1. The fourth-order valence-electron chi connectivity index (χ4n) is 3.44. The van der Waals surface area contributed by atoms with Crippen molar-refractivity contribution in [2.75, 3.05) is 13.2 Å². The molecule has 4 rings (SSSR count). The van der Waals surface area contributed by atoms with Gasteiger partial charge < -0.3 is 18.8 Å². The summed E-state index contributed by atoms with van der Waals surface area (Å²) >= 11 is 6.22. The van der Waals surface area contributed by atoms with Gasteiger partial charge in [-0.3, -0.25) is 4.79 Å². The van der Waals surface area contributed by atoms with Crippen LogP contribution in [0.25, 0.3) is 11.5 Å². The molecule has 0 saturated carbocycles. The normalized spacial score (nSPS) is 13.8. The Labute approximate surface area is 185 Å². The van der Waals surface area contributed by atoms with Gasteiger partial charge in [0, 0.05) is 6.04 Å². The van der Waals surface area contributed by atoms with E-state index in [1.54, 1.807) is 11.0 Å². The average molecular weight is 442 g/mol. The van der Waals surface area contributed by atoms with E-state index in [-0.39, 0.29) is 24.4 Å². The summed E-state index contributed by atoms with van der Waals surface area (Å²) in [6, 6.07) is 12.8. The molecule has 0 fully saturated rings. The third-order valence-electron chi connectivity index (χ3n) is 5.22. The predicted octanol–water partition coefficient (Wildman–Crippen LogP) is 4.70. The van der Waals surface area contributed by atoms with Crippen LogP contribution in [0.5, 0.6) is 11.5 Å². The number of carbonyl (C=O) groups excluding carboxylic acids is 1. The number of nitrogens with zero attached hydrogens (tertiary/aromatic N) is 3. The molecule has 0 spiro atoms. The van der Waals surface area contributed by atoms with Gasteiger partial charge in [0.05, 0.1) is 23.0 Å². The molecule has 1 unspecified atom stereocenters. The van der Waals surface area contributed by atoms with E-state index >= 15 is 0 Å². The van der Waals surface area contributed by atoms with Crippen LogP contribution in [0.3, 0.4) is 0 Å². The highest BCUT2D eigenvalue weighted by molar-refractivity contribution is 6.33. The molecule has 3 aromatic rings. The van der Waals surface area contributed by atoms with Crippen LogP contribution in [0.4, 0.5) is 0 Å². The molecule has 2 heterocycles. The van der Waals surface area contributed by atoms with Crippen molar-refractivity contribution in [1.82, 2.24) is 15.1 Å². The number of halogens is 1. The first-order chi connectivity index (χ1) is 14.9. The number of hydrogen-bond donors (Lipinski definition) is 0. The van der Waals surface area contributed by atoms with Crippen LogP contribution in [0.1, 0.15) is 38.1 Å². The lowest BCUT2D eigenvalue weighted by molar-refractivity contribution is -0.135. The van der Waals surface area contributed by atoms with Crippen molar-refractivity contribution in [3.05, 3.63) is 58.9 Å². The van der Waals surface area contributed by atoms with E-state index in [1.807, 2.05) is 57.2 Å². The molecule has 1 aromatic heterocycles. The molecule has 1 amide bonds. The highest BCUT2D eigenvalue weighted by Gasteiger charge is 2.27. The summed E-state index contributed by atoms with van der Waals surface area (Å²) in [4.78, 5) is 15.1. The predicted molar refractivity (Wildman–Crippen MR) is 116 cm³/mol. The molecule has 0 bridgehead atoms. The second-order valence-corrected chi connectivity index (χ2v) is 8.07. The quantitative estimate of drug-likeness (QED) is 0.551. The number of fused-ring (bicyclic) bond motifs is 1. The molecule has 31 heavy (non-hydrogen) atoms. The van der Waals surface area contributed by atoms with E-state index in [2.05, 4.69) is 10.2 Å². The van der Waals surface area contributed by atoms with Crippen molar-refractivity contribution in [2.45, 2.75) is 39.3 Å².